The van der Waals surface area contributed by atoms with Crippen LogP contribution in [-0.2, 0) is 49.6 Å². The second-order valence-electron chi connectivity index (χ2n) is 22.2. The summed E-state index contributed by atoms with van der Waals surface area (Å²) in [7, 11) is 0. The zero-order chi connectivity index (χ0) is 67.6. The van der Waals surface area contributed by atoms with E-state index in [4.69, 9.17) is 68.8 Å². The molecule has 0 bridgehead atoms. The molecule has 0 spiro atoms. The largest absolute Gasteiger partial charge is 0.508 e. The zero-order valence-electron chi connectivity index (χ0n) is 52.6. The number of nitrogens with one attached hydrogen (secondary N) is 8. The molecule has 0 aliphatic heterocycles. The predicted molar refractivity (Wildman–Crippen MR) is 345 cm³/mol. The van der Waals surface area contributed by atoms with Gasteiger partial charge in [0.2, 0.25) is 53.2 Å². The summed E-state index contributed by atoms with van der Waals surface area (Å²) in [6.07, 6.45) is 4.87. The first kappa shape index (κ1) is 79.9. The number of phenols is 1. The summed E-state index contributed by atoms with van der Waals surface area (Å²) in [6, 6.07) is -5.49. The van der Waals surface area contributed by atoms with Gasteiger partial charge in [0.15, 0.2) is 17.9 Å². The maximum absolute atomic E-state index is 14.8. The average Bonchev–Trinajstić information content (AvgIpc) is 3.68. The Balaban J connectivity index is 3.77. The van der Waals surface area contributed by atoms with Crippen molar-refractivity contribution >= 4 is 71.0 Å². The molecule has 0 saturated heterocycles. The molecule has 0 aromatic heterocycles. The molecule has 1 aromatic carbocycles. The maximum atomic E-state index is 14.8. The van der Waals surface area contributed by atoms with Gasteiger partial charge in [-0.05, 0) is 165 Å². The Labute approximate surface area is 527 Å². The molecule has 33 nitrogen and oxygen atoms in total. The van der Waals surface area contributed by atoms with Gasteiger partial charge in [-0.15, -0.1) is 0 Å². The van der Waals surface area contributed by atoms with Crippen LogP contribution in [0.2, 0.25) is 0 Å². The molecule has 0 saturated carbocycles. The van der Waals surface area contributed by atoms with Crippen molar-refractivity contribution in [1.82, 2.24) is 42.5 Å². The number of nitrogens with two attached hydrogens (primary N) is 12. The molecule has 33 heteroatoms. The van der Waals surface area contributed by atoms with Crippen LogP contribution in [-0.4, -0.2) is 176 Å². The number of unbranched alkanes of at least 4 members (excludes halogenated alkanes) is 4. The highest BCUT2D eigenvalue weighted by molar-refractivity contribution is 5.98. The van der Waals surface area contributed by atoms with Gasteiger partial charge in [0.1, 0.15) is 54.1 Å². The fourth-order valence-electron chi connectivity index (χ4n) is 9.19. The van der Waals surface area contributed by atoms with Crippen molar-refractivity contribution in [3.05, 3.63) is 29.8 Å². The molecular weight excluding hydrogens is 1170 g/mol. The lowest BCUT2D eigenvalue weighted by molar-refractivity contribution is -0.136. The molecule has 33 N–H and O–H groups in total. The zero-order valence-corrected chi connectivity index (χ0v) is 52.6. The van der Waals surface area contributed by atoms with Crippen LogP contribution in [0.4, 0.5) is 0 Å². The maximum Gasteiger partial charge on any atom is 0.243 e. The van der Waals surface area contributed by atoms with E-state index in [9.17, 15) is 48.3 Å². The number of carbonyl (C=O) groups excluding carboxylic acids is 9. The SMILES string of the molecule is CC[C@@H](C)[C@H](NC(=O)[C@H](CCCCN)NC(=O)[C@H](Cc1ccc(O)cc1)NC(=O)[C@H](CCCCN)NC(=O)[C@H](CCCCN)NC(=O)[C@@H](N)CCCN=C(N)N)C(=O)N[C@@H](CCCN=C(N)N)C(=O)N[C@@H](CCCN=C(N)N)C(=O)N[C@@H](CCCCN)C(N)=O. The number of phenolic OH excluding ortho intramolecular Hbond substituents is 1. The third-order valence-electron chi connectivity index (χ3n) is 14.6. The summed E-state index contributed by atoms with van der Waals surface area (Å²) in [5.74, 6) is -8.16. The number of carbonyl (C=O) groups is 9. The molecule has 1 rings (SSSR count). The van der Waals surface area contributed by atoms with E-state index in [1.807, 2.05) is 0 Å². The van der Waals surface area contributed by atoms with Crippen molar-refractivity contribution in [1.29, 1.82) is 0 Å². The predicted octanol–water partition coefficient (Wildman–Crippen LogP) is -5.65. The fraction of sp³-hybridized carbons (Fsp3) is 0.684. The molecule has 0 aliphatic rings. The minimum Gasteiger partial charge on any atom is -0.508 e. The number of rotatable bonds is 49. The van der Waals surface area contributed by atoms with Crippen molar-refractivity contribution in [3.8, 4) is 5.75 Å². The van der Waals surface area contributed by atoms with Crippen LogP contribution in [0, 0.1) is 5.92 Å². The first-order valence-corrected chi connectivity index (χ1v) is 31.0. The topological polar surface area (TPSA) is 619 Å². The Kier molecular flexibility index (Phi) is 40.8. The van der Waals surface area contributed by atoms with Gasteiger partial charge in [0, 0.05) is 26.1 Å². The fourth-order valence-corrected chi connectivity index (χ4v) is 9.19. The molecule has 0 unspecified atom stereocenters. The van der Waals surface area contributed by atoms with Gasteiger partial charge in [-0.2, -0.15) is 0 Å². The van der Waals surface area contributed by atoms with Gasteiger partial charge < -0.3 is 116 Å². The molecule has 9 amide bonds. The molecule has 10 atom stereocenters. The van der Waals surface area contributed by atoms with Gasteiger partial charge in [-0.3, -0.25) is 58.1 Å². The summed E-state index contributed by atoms with van der Waals surface area (Å²) >= 11 is 0. The third kappa shape index (κ3) is 34.0. The lowest BCUT2D eigenvalue weighted by Crippen LogP contribution is -2.61. The molecule has 1 aromatic rings. The molecule has 0 radical (unpaired) electrons. The Hall–Kier alpha value is -8.14. The number of aliphatic imine (C=N–C) groups is 3. The molecule has 0 fully saturated rings. The molecular formula is C57H107N23O10. The molecule has 510 valence electrons. The van der Waals surface area contributed by atoms with Gasteiger partial charge >= 0.3 is 0 Å². The van der Waals surface area contributed by atoms with Gasteiger partial charge in [0.25, 0.3) is 0 Å². The van der Waals surface area contributed by atoms with Crippen molar-refractivity contribution in [2.45, 2.75) is 197 Å². The van der Waals surface area contributed by atoms with Crippen molar-refractivity contribution in [2.24, 2.45) is 89.7 Å². The highest BCUT2D eigenvalue weighted by Crippen LogP contribution is 2.16. The van der Waals surface area contributed by atoms with E-state index in [0.29, 0.717) is 82.9 Å². The van der Waals surface area contributed by atoms with Gasteiger partial charge in [0.05, 0.1) is 6.04 Å². The number of hydrogen-bond donors (Lipinski definition) is 21. The third-order valence-corrected chi connectivity index (χ3v) is 14.6. The first-order valence-electron chi connectivity index (χ1n) is 31.0. The summed E-state index contributed by atoms with van der Waals surface area (Å²) in [4.78, 5) is 139. The standard InChI is InChI=1S/C57H107N23O10/c1-3-34(2)45(54(90)78-43(21-14-32-72-57(68)69)50(86)76-42(20-13-31-71-56(66)67)48(84)73-38(46(63)82)16-4-8-26-58)80-52(88)41(19-7-11-29-61)77-53(89)44(33-35-22-24-36(81)25-23-35)79-51(87)40(18-6-10-28-60)75-49(85)39(17-5-9-27-59)74-47(83)37(62)15-12-30-70-55(64)65/h22-25,34,37-45,81H,3-21,26-33,58-62H2,1-2H3,(H2,63,82)(H,73,84)(H,74,83)(H,75,85)(H,76,86)(H,77,89)(H,78,90)(H,79,87)(H,80,88)(H4,64,65,70)(H4,66,67,71)(H4,68,69,72)/t34-,37+,38+,39+,40+,41+,42+,43+,44+,45+/m1/s1. The molecule has 0 heterocycles. The Bertz CT molecular complexity index is 2440. The molecule has 0 aliphatic carbocycles. The quantitative estimate of drug-likeness (QED) is 0.0164. The number of benzene rings is 1. The van der Waals surface area contributed by atoms with E-state index in [1.54, 1.807) is 13.8 Å². The molecule has 90 heavy (non-hydrogen) atoms. The van der Waals surface area contributed by atoms with E-state index < -0.39 is 113 Å². The van der Waals surface area contributed by atoms with Gasteiger partial charge in [-0.1, -0.05) is 32.4 Å². The van der Waals surface area contributed by atoms with E-state index in [2.05, 4.69) is 57.5 Å². The average molecular weight is 1270 g/mol. The highest BCUT2D eigenvalue weighted by atomic mass is 16.3. The Morgan fingerprint density at radius 3 is 1.06 bits per heavy atom. The smallest absolute Gasteiger partial charge is 0.243 e. The second kappa shape index (κ2) is 46.0. The van der Waals surface area contributed by atoms with E-state index in [1.165, 1.54) is 24.3 Å². The number of nitrogens with zero attached hydrogens (tertiary/aromatic N) is 3. The summed E-state index contributed by atoms with van der Waals surface area (Å²) in [6.45, 7) is 4.95. The number of amides is 9. The van der Waals surface area contributed by atoms with Crippen LogP contribution in [0.1, 0.15) is 141 Å². The summed E-state index contributed by atoms with van der Waals surface area (Å²) in [5.41, 5.74) is 68.4. The minimum absolute atomic E-state index is 0.00451. The summed E-state index contributed by atoms with van der Waals surface area (Å²) < 4.78 is 0. The van der Waals surface area contributed by atoms with Crippen LogP contribution >= 0.6 is 0 Å². The monoisotopic (exact) mass is 1270 g/mol. The van der Waals surface area contributed by atoms with Crippen molar-refractivity contribution in [3.63, 3.8) is 0 Å². The summed E-state index contributed by atoms with van der Waals surface area (Å²) in [5, 5.41) is 32.0. The van der Waals surface area contributed by atoms with Gasteiger partial charge in [-0.25, -0.2) is 0 Å². The normalized spacial score (nSPS) is 14.3. The lowest BCUT2D eigenvalue weighted by Gasteiger charge is -2.30. The van der Waals surface area contributed by atoms with Crippen molar-refractivity contribution < 1.29 is 48.3 Å². The Morgan fingerprint density at radius 1 is 0.400 bits per heavy atom. The number of primary amides is 1. The van der Waals surface area contributed by atoms with Crippen LogP contribution in [0.25, 0.3) is 0 Å². The van der Waals surface area contributed by atoms with E-state index in [-0.39, 0.29) is 121 Å². The van der Waals surface area contributed by atoms with E-state index in [0.717, 1.165) is 0 Å². The van der Waals surface area contributed by atoms with Crippen LogP contribution in [0.15, 0.2) is 39.2 Å². The highest BCUT2D eigenvalue weighted by Gasteiger charge is 2.36. The lowest BCUT2D eigenvalue weighted by atomic mass is 9.96. The first-order chi connectivity index (χ1) is 42.8. The van der Waals surface area contributed by atoms with Crippen LogP contribution < -0.4 is 111 Å². The number of hydrogen-bond acceptors (Lipinski definition) is 18. The van der Waals surface area contributed by atoms with Crippen LogP contribution in [0.3, 0.4) is 0 Å². The van der Waals surface area contributed by atoms with E-state index >= 15 is 0 Å². The van der Waals surface area contributed by atoms with Crippen molar-refractivity contribution in [2.75, 3.05) is 45.8 Å². The second-order valence-corrected chi connectivity index (χ2v) is 22.2. The number of aromatic hydroxyl groups is 1. The Morgan fingerprint density at radius 2 is 0.700 bits per heavy atom. The van der Waals surface area contributed by atoms with Crippen LogP contribution in [0.5, 0.6) is 5.75 Å². The minimum atomic E-state index is -1.43. The number of guanidine groups is 3.